The molecule has 1 atom stereocenters. The molecule has 0 bridgehead atoms. The number of hydrogen-bond donors (Lipinski definition) is 0. The number of aromatic nitrogens is 1. The molecule has 1 amide bonds. The van der Waals surface area contributed by atoms with Crippen LogP contribution in [0.15, 0.2) is 35.1 Å². The molecule has 4 rings (SSSR count). The summed E-state index contributed by atoms with van der Waals surface area (Å²) in [5, 5.41) is 0.686. The first-order valence-electron chi connectivity index (χ1n) is 11.6. The first-order chi connectivity index (χ1) is 16.4. The highest BCUT2D eigenvalue weighted by molar-refractivity contribution is 6.30. The third kappa shape index (κ3) is 4.98. The van der Waals surface area contributed by atoms with Gasteiger partial charge in [0.2, 0.25) is 0 Å². The van der Waals surface area contributed by atoms with Gasteiger partial charge in [-0.3, -0.25) is 14.5 Å². The van der Waals surface area contributed by atoms with Gasteiger partial charge in [-0.2, -0.15) is 0 Å². The third-order valence-corrected chi connectivity index (χ3v) is 6.89. The molecule has 2 aliphatic heterocycles. The van der Waals surface area contributed by atoms with E-state index >= 15 is 0 Å². The molecule has 3 heterocycles. The molecule has 34 heavy (non-hydrogen) atoms. The summed E-state index contributed by atoms with van der Waals surface area (Å²) in [4.78, 5) is 42.9. The van der Waals surface area contributed by atoms with Gasteiger partial charge in [-0.15, -0.1) is 0 Å². The van der Waals surface area contributed by atoms with Crippen LogP contribution in [0.25, 0.3) is 0 Å². The van der Waals surface area contributed by atoms with Crippen LogP contribution in [0.5, 0.6) is 5.75 Å². The molecule has 0 aliphatic carbocycles. The predicted octanol–water partition coefficient (Wildman–Crippen LogP) is 2.74. The summed E-state index contributed by atoms with van der Waals surface area (Å²) in [5.74, 6) is -0.461. The summed E-state index contributed by atoms with van der Waals surface area (Å²) in [6.45, 7) is 2.94. The summed E-state index contributed by atoms with van der Waals surface area (Å²) in [7, 11) is 2.79. The number of rotatable bonds is 5. The molecule has 9 heteroatoms. The number of esters is 1. The van der Waals surface area contributed by atoms with E-state index in [1.54, 1.807) is 9.47 Å². The quantitative estimate of drug-likeness (QED) is 0.603. The molecule has 1 fully saturated rings. The number of amides is 1. The smallest absolute Gasteiger partial charge is 0.328 e. The number of pyridine rings is 1. The monoisotopic (exact) mass is 487 g/mol. The highest BCUT2D eigenvalue weighted by Gasteiger charge is 2.36. The maximum atomic E-state index is 13.8. The van der Waals surface area contributed by atoms with E-state index in [0.29, 0.717) is 61.8 Å². The van der Waals surface area contributed by atoms with Gasteiger partial charge in [0.25, 0.3) is 11.5 Å². The highest BCUT2D eigenvalue weighted by Crippen LogP contribution is 2.28. The molecular formula is C25H30ClN3O5. The zero-order valence-corrected chi connectivity index (χ0v) is 20.3. The van der Waals surface area contributed by atoms with Crippen molar-refractivity contribution < 1.29 is 19.1 Å². The number of hydrogen-bond acceptors (Lipinski definition) is 6. The van der Waals surface area contributed by atoms with E-state index in [1.165, 1.54) is 20.3 Å². The average molecular weight is 488 g/mol. The zero-order valence-electron chi connectivity index (χ0n) is 19.6. The molecular weight excluding hydrogens is 458 g/mol. The van der Waals surface area contributed by atoms with Crippen molar-refractivity contribution in [3.63, 3.8) is 0 Å². The van der Waals surface area contributed by atoms with Crippen LogP contribution in [0.2, 0.25) is 5.02 Å². The lowest BCUT2D eigenvalue weighted by atomic mass is 9.99. The number of ether oxygens (including phenoxy) is 2. The van der Waals surface area contributed by atoms with Crippen molar-refractivity contribution in [2.45, 2.75) is 44.8 Å². The summed E-state index contributed by atoms with van der Waals surface area (Å²) >= 11 is 6.14. The van der Waals surface area contributed by atoms with Crippen molar-refractivity contribution in [3.8, 4) is 5.75 Å². The fourth-order valence-electron chi connectivity index (χ4n) is 4.94. The van der Waals surface area contributed by atoms with Gasteiger partial charge >= 0.3 is 5.97 Å². The van der Waals surface area contributed by atoms with Gasteiger partial charge in [0.15, 0.2) is 0 Å². The van der Waals surface area contributed by atoms with E-state index in [4.69, 9.17) is 21.1 Å². The average Bonchev–Trinajstić information content (AvgIpc) is 3.06. The van der Waals surface area contributed by atoms with Crippen molar-refractivity contribution >= 4 is 23.5 Å². The van der Waals surface area contributed by atoms with Crippen molar-refractivity contribution in [1.29, 1.82) is 0 Å². The molecule has 2 aromatic rings. The van der Waals surface area contributed by atoms with Crippen LogP contribution >= 0.6 is 11.6 Å². The van der Waals surface area contributed by atoms with Gasteiger partial charge in [-0.1, -0.05) is 23.7 Å². The van der Waals surface area contributed by atoms with E-state index < -0.39 is 12.0 Å². The standard InChI is InChI=1S/C25H30ClN3O5/c1-33-21-15-22(30)28-13-12-27(16-17-6-5-7-18(26)14-17)11-9-19(28)23(21)24(31)29-10-4-3-8-20(29)25(32)34-2/h5-7,14-15,20H,3-4,8-13,16H2,1-2H3/t20-/m1/s1. The molecule has 0 radical (unpaired) electrons. The van der Waals surface area contributed by atoms with E-state index in [1.807, 2.05) is 24.3 Å². The molecule has 0 N–H and O–H groups in total. The Morgan fingerprint density at radius 3 is 2.65 bits per heavy atom. The van der Waals surface area contributed by atoms with Crippen molar-refractivity contribution in [1.82, 2.24) is 14.4 Å². The second-order valence-corrected chi connectivity index (χ2v) is 9.15. The first kappa shape index (κ1) is 24.3. The van der Waals surface area contributed by atoms with Gasteiger partial charge in [-0.25, -0.2) is 4.79 Å². The predicted molar refractivity (Wildman–Crippen MR) is 128 cm³/mol. The molecule has 2 aliphatic rings. The number of halogens is 1. The van der Waals surface area contributed by atoms with Gasteiger partial charge in [0, 0.05) is 55.9 Å². The van der Waals surface area contributed by atoms with Gasteiger partial charge in [0.1, 0.15) is 17.4 Å². The lowest BCUT2D eigenvalue weighted by Gasteiger charge is -2.34. The molecule has 0 saturated carbocycles. The minimum atomic E-state index is -0.631. The molecule has 1 aromatic heterocycles. The maximum Gasteiger partial charge on any atom is 0.328 e. The fourth-order valence-corrected chi connectivity index (χ4v) is 5.15. The minimum Gasteiger partial charge on any atom is -0.496 e. The Hall–Kier alpha value is -2.84. The number of fused-ring (bicyclic) bond motifs is 1. The number of methoxy groups -OCH3 is 2. The lowest BCUT2D eigenvalue weighted by Crippen LogP contribution is -2.49. The molecule has 8 nitrogen and oxygen atoms in total. The molecule has 182 valence electrons. The Labute approximate surface area is 204 Å². The Bertz CT molecular complexity index is 1130. The van der Waals surface area contributed by atoms with Crippen LogP contribution in [0.3, 0.4) is 0 Å². The van der Waals surface area contributed by atoms with Crippen LogP contribution in [0, 0.1) is 0 Å². The van der Waals surface area contributed by atoms with Crippen molar-refractivity contribution in [3.05, 3.63) is 62.5 Å². The first-order valence-corrected chi connectivity index (χ1v) is 12.0. The summed E-state index contributed by atoms with van der Waals surface area (Å²) < 4.78 is 12.1. The fraction of sp³-hybridized carbons (Fsp3) is 0.480. The van der Waals surface area contributed by atoms with Gasteiger partial charge in [-0.05, 0) is 37.0 Å². The SMILES string of the molecule is COC(=O)[C@H]1CCCCN1C(=O)c1c(OC)cc(=O)n2c1CCN(Cc1cccc(Cl)c1)CC2. The Kier molecular flexibility index (Phi) is 7.58. The van der Waals surface area contributed by atoms with Crippen LogP contribution in [0.4, 0.5) is 0 Å². The van der Waals surface area contributed by atoms with E-state index in [0.717, 1.165) is 18.4 Å². The largest absolute Gasteiger partial charge is 0.496 e. The molecule has 1 saturated heterocycles. The number of carbonyl (C=O) groups is 2. The number of likely N-dealkylation sites (tertiary alicyclic amines) is 1. The Morgan fingerprint density at radius 2 is 1.91 bits per heavy atom. The van der Waals surface area contributed by atoms with Crippen LogP contribution in [-0.2, 0) is 29.0 Å². The van der Waals surface area contributed by atoms with Gasteiger partial charge < -0.3 is 18.9 Å². The number of carbonyl (C=O) groups excluding carboxylic acids is 2. The number of piperidine rings is 1. The Morgan fingerprint density at radius 1 is 1.09 bits per heavy atom. The molecule has 0 unspecified atom stereocenters. The van der Waals surface area contributed by atoms with Crippen molar-refractivity contribution in [2.24, 2.45) is 0 Å². The second kappa shape index (κ2) is 10.6. The Balaban J connectivity index is 1.66. The summed E-state index contributed by atoms with van der Waals surface area (Å²) in [6, 6.07) is 8.47. The van der Waals surface area contributed by atoms with Crippen LogP contribution in [0.1, 0.15) is 40.9 Å². The van der Waals surface area contributed by atoms with Crippen molar-refractivity contribution in [2.75, 3.05) is 33.9 Å². The van der Waals surface area contributed by atoms with E-state index in [-0.39, 0.29) is 17.2 Å². The lowest BCUT2D eigenvalue weighted by molar-refractivity contribution is -0.147. The minimum absolute atomic E-state index is 0.198. The maximum absolute atomic E-state index is 13.8. The van der Waals surface area contributed by atoms with Crippen LogP contribution in [-0.4, -0.2) is 66.1 Å². The van der Waals surface area contributed by atoms with E-state index in [9.17, 15) is 14.4 Å². The van der Waals surface area contributed by atoms with Gasteiger partial charge in [0.05, 0.1) is 14.2 Å². The third-order valence-electron chi connectivity index (χ3n) is 6.65. The topological polar surface area (TPSA) is 81.1 Å². The van der Waals surface area contributed by atoms with E-state index in [2.05, 4.69) is 4.90 Å². The number of benzene rings is 1. The highest BCUT2D eigenvalue weighted by atomic mass is 35.5. The molecule has 0 spiro atoms. The summed E-state index contributed by atoms with van der Waals surface area (Å²) in [6.07, 6.45) is 2.73. The summed E-state index contributed by atoms with van der Waals surface area (Å²) in [5.41, 5.74) is 1.91. The normalized spacial score (nSPS) is 18.7. The zero-order chi connectivity index (χ0) is 24.2. The molecule has 1 aromatic carbocycles. The number of nitrogens with zero attached hydrogens (tertiary/aromatic N) is 3. The van der Waals surface area contributed by atoms with Crippen LogP contribution < -0.4 is 10.3 Å². The second-order valence-electron chi connectivity index (χ2n) is 8.71.